The standard InChI is InChI=1S/C16H23BO5/c1-11-16(4,5)22-17(21-11)12-7-8-13(14(9-12)19-6)20-10-15(2,3)18/h7-9,18H,1,10H2,2-6H3. The van der Waals surface area contributed by atoms with Gasteiger partial charge in [-0.15, -0.1) is 0 Å². The fraction of sp³-hybridized carbons (Fsp3) is 0.500. The second kappa shape index (κ2) is 5.86. The van der Waals surface area contributed by atoms with Gasteiger partial charge in [0.05, 0.1) is 18.5 Å². The number of methoxy groups -OCH3 is 1. The average molecular weight is 306 g/mol. The lowest BCUT2D eigenvalue weighted by Crippen LogP contribution is -2.34. The molecule has 22 heavy (non-hydrogen) atoms. The van der Waals surface area contributed by atoms with Crippen molar-refractivity contribution in [3.8, 4) is 11.5 Å². The van der Waals surface area contributed by atoms with E-state index in [2.05, 4.69) is 6.58 Å². The zero-order chi connectivity index (χ0) is 16.5. The summed E-state index contributed by atoms with van der Waals surface area (Å²) in [5.41, 5.74) is -0.615. The Morgan fingerprint density at radius 2 is 2.00 bits per heavy atom. The molecule has 1 fully saturated rings. The Labute approximate surface area is 132 Å². The lowest BCUT2D eigenvalue weighted by Gasteiger charge is -2.19. The summed E-state index contributed by atoms with van der Waals surface area (Å²) < 4.78 is 22.5. The van der Waals surface area contributed by atoms with Crippen molar-refractivity contribution in [3.05, 3.63) is 30.5 Å². The first-order chi connectivity index (χ1) is 10.1. The van der Waals surface area contributed by atoms with Crippen LogP contribution in [0.1, 0.15) is 27.7 Å². The fourth-order valence-electron chi connectivity index (χ4n) is 1.97. The molecule has 5 nitrogen and oxygen atoms in total. The molecule has 0 amide bonds. The minimum atomic E-state index is -0.914. The summed E-state index contributed by atoms with van der Waals surface area (Å²) >= 11 is 0. The van der Waals surface area contributed by atoms with Gasteiger partial charge in [-0.1, -0.05) is 12.6 Å². The molecular formula is C16H23BO5. The number of aliphatic hydroxyl groups is 1. The molecule has 1 aliphatic rings. The van der Waals surface area contributed by atoms with E-state index in [1.807, 2.05) is 19.9 Å². The summed E-state index contributed by atoms with van der Waals surface area (Å²) in [6.07, 6.45) is 0. The lowest BCUT2D eigenvalue weighted by atomic mass is 9.79. The zero-order valence-electron chi connectivity index (χ0n) is 13.8. The van der Waals surface area contributed by atoms with E-state index >= 15 is 0 Å². The first-order valence-electron chi connectivity index (χ1n) is 7.19. The van der Waals surface area contributed by atoms with Crippen molar-refractivity contribution < 1.29 is 23.9 Å². The lowest BCUT2D eigenvalue weighted by molar-refractivity contribution is 0.0276. The summed E-state index contributed by atoms with van der Waals surface area (Å²) in [6, 6.07) is 5.43. The third kappa shape index (κ3) is 3.75. The largest absolute Gasteiger partial charge is 0.563 e. The predicted molar refractivity (Wildman–Crippen MR) is 85.6 cm³/mol. The van der Waals surface area contributed by atoms with Crippen LogP contribution in [0.25, 0.3) is 0 Å². The quantitative estimate of drug-likeness (QED) is 0.842. The molecule has 1 heterocycles. The smallest absolute Gasteiger partial charge is 0.534 e. The Morgan fingerprint density at radius 1 is 1.32 bits per heavy atom. The summed E-state index contributed by atoms with van der Waals surface area (Å²) in [5, 5.41) is 9.74. The van der Waals surface area contributed by atoms with E-state index in [1.54, 1.807) is 33.1 Å². The van der Waals surface area contributed by atoms with Crippen LogP contribution in [0.3, 0.4) is 0 Å². The molecule has 0 radical (unpaired) electrons. The van der Waals surface area contributed by atoms with Gasteiger partial charge >= 0.3 is 7.12 Å². The molecule has 0 unspecified atom stereocenters. The van der Waals surface area contributed by atoms with Gasteiger partial charge in [0.1, 0.15) is 12.2 Å². The van der Waals surface area contributed by atoms with Crippen LogP contribution in [0.2, 0.25) is 0 Å². The van der Waals surface area contributed by atoms with Crippen LogP contribution in [-0.2, 0) is 9.31 Å². The molecule has 1 aromatic rings. The Kier molecular flexibility index (Phi) is 4.45. The Hall–Kier alpha value is -1.66. The summed E-state index contributed by atoms with van der Waals surface area (Å²) in [5.74, 6) is 1.72. The van der Waals surface area contributed by atoms with E-state index in [4.69, 9.17) is 18.8 Å². The number of hydrogen-bond acceptors (Lipinski definition) is 5. The first-order valence-corrected chi connectivity index (χ1v) is 7.19. The highest BCUT2D eigenvalue weighted by Gasteiger charge is 2.43. The van der Waals surface area contributed by atoms with Crippen LogP contribution in [0.15, 0.2) is 30.5 Å². The normalized spacial score (nSPS) is 17.4. The molecule has 0 atom stereocenters. The van der Waals surface area contributed by atoms with Crippen molar-refractivity contribution in [2.75, 3.05) is 13.7 Å². The van der Waals surface area contributed by atoms with Gasteiger partial charge in [0.25, 0.3) is 0 Å². The molecule has 0 spiro atoms. The van der Waals surface area contributed by atoms with Crippen LogP contribution < -0.4 is 14.9 Å². The third-order valence-electron chi connectivity index (χ3n) is 3.36. The molecular weight excluding hydrogens is 283 g/mol. The summed E-state index contributed by atoms with van der Waals surface area (Å²) in [4.78, 5) is 0. The maximum atomic E-state index is 9.74. The van der Waals surface area contributed by atoms with Crippen LogP contribution in [-0.4, -0.2) is 37.1 Å². The van der Waals surface area contributed by atoms with Gasteiger partial charge in [0.2, 0.25) is 0 Å². The van der Waals surface area contributed by atoms with Gasteiger partial charge in [-0.25, -0.2) is 0 Å². The van der Waals surface area contributed by atoms with Crippen molar-refractivity contribution in [2.45, 2.75) is 38.9 Å². The maximum absolute atomic E-state index is 9.74. The van der Waals surface area contributed by atoms with Crippen LogP contribution in [0.5, 0.6) is 11.5 Å². The van der Waals surface area contributed by atoms with Crippen LogP contribution >= 0.6 is 0 Å². The molecule has 0 saturated carbocycles. The van der Waals surface area contributed by atoms with E-state index in [0.29, 0.717) is 17.3 Å². The predicted octanol–water partition coefficient (Wildman–Crippen LogP) is 1.88. The molecule has 1 N–H and O–H groups in total. The van der Waals surface area contributed by atoms with Crippen molar-refractivity contribution in [1.29, 1.82) is 0 Å². The fourth-order valence-corrected chi connectivity index (χ4v) is 1.97. The number of ether oxygens (including phenoxy) is 2. The third-order valence-corrected chi connectivity index (χ3v) is 3.36. The average Bonchev–Trinajstić information content (AvgIpc) is 2.69. The van der Waals surface area contributed by atoms with Crippen molar-refractivity contribution in [2.24, 2.45) is 0 Å². The minimum absolute atomic E-state index is 0.170. The van der Waals surface area contributed by atoms with Gasteiger partial charge in [-0.3, -0.25) is 0 Å². The van der Waals surface area contributed by atoms with Gasteiger partial charge in [-0.05, 0) is 39.8 Å². The van der Waals surface area contributed by atoms with E-state index in [9.17, 15) is 5.11 Å². The van der Waals surface area contributed by atoms with Crippen molar-refractivity contribution >= 4 is 12.6 Å². The molecule has 1 aliphatic heterocycles. The first kappa shape index (κ1) is 16.7. The molecule has 0 aliphatic carbocycles. The highest BCUT2D eigenvalue weighted by Crippen LogP contribution is 2.31. The van der Waals surface area contributed by atoms with Crippen molar-refractivity contribution in [3.63, 3.8) is 0 Å². The molecule has 1 saturated heterocycles. The van der Waals surface area contributed by atoms with Gasteiger partial charge in [0.15, 0.2) is 11.5 Å². The number of benzene rings is 1. The minimum Gasteiger partial charge on any atom is -0.534 e. The Bertz CT molecular complexity index is 562. The molecule has 6 heteroatoms. The second-order valence-corrected chi connectivity index (χ2v) is 6.51. The zero-order valence-corrected chi connectivity index (χ0v) is 13.8. The topological polar surface area (TPSA) is 57.2 Å². The summed E-state index contributed by atoms with van der Waals surface area (Å²) in [6.45, 7) is 11.2. The van der Waals surface area contributed by atoms with E-state index in [1.165, 1.54) is 0 Å². The molecule has 1 aromatic carbocycles. The number of hydrogen-bond donors (Lipinski definition) is 1. The maximum Gasteiger partial charge on any atom is 0.563 e. The van der Waals surface area contributed by atoms with E-state index in [0.717, 1.165) is 5.46 Å². The molecule has 2 rings (SSSR count). The summed E-state index contributed by atoms with van der Waals surface area (Å²) in [7, 11) is 1.05. The van der Waals surface area contributed by atoms with Gasteiger partial charge in [-0.2, -0.15) is 0 Å². The molecule has 120 valence electrons. The highest BCUT2D eigenvalue weighted by molar-refractivity contribution is 6.62. The van der Waals surface area contributed by atoms with Crippen molar-refractivity contribution in [1.82, 2.24) is 0 Å². The molecule has 0 bridgehead atoms. The van der Waals surface area contributed by atoms with E-state index < -0.39 is 18.3 Å². The molecule has 0 aromatic heterocycles. The van der Waals surface area contributed by atoms with Crippen LogP contribution in [0, 0.1) is 0 Å². The van der Waals surface area contributed by atoms with Crippen LogP contribution in [0.4, 0.5) is 0 Å². The number of rotatable bonds is 5. The SMILES string of the molecule is C=C1OB(c2ccc(OCC(C)(C)O)c(OC)c2)OC1(C)C. The monoisotopic (exact) mass is 306 g/mol. The van der Waals surface area contributed by atoms with E-state index in [-0.39, 0.29) is 6.61 Å². The Morgan fingerprint density at radius 3 is 2.50 bits per heavy atom. The van der Waals surface area contributed by atoms with Gasteiger partial charge in [0, 0.05) is 5.46 Å². The second-order valence-electron chi connectivity index (χ2n) is 6.51. The highest BCUT2D eigenvalue weighted by atomic mass is 16.7. The van der Waals surface area contributed by atoms with Gasteiger partial charge < -0.3 is 23.9 Å². The Balaban J connectivity index is 2.17.